The fourth-order valence-electron chi connectivity index (χ4n) is 4.49. The fraction of sp³-hybridized carbons (Fsp3) is 0.500. The van der Waals surface area contributed by atoms with Crippen molar-refractivity contribution in [3.05, 3.63) is 70.8 Å². The van der Waals surface area contributed by atoms with Crippen LogP contribution in [-0.2, 0) is 27.4 Å². The fourth-order valence-corrected chi connectivity index (χ4v) is 4.49. The van der Waals surface area contributed by atoms with Crippen LogP contribution in [0.3, 0.4) is 0 Å². The summed E-state index contributed by atoms with van der Waals surface area (Å²) in [5.41, 5.74) is -2.82. The standard InChI is InChI=1S/C26H28F6N2O2/c1-16(18-11-20(25(27,28)29)13-21(12-18)26(30,31)32)36-15-24(19-5-3-2-4-6-19)10-9-17(14-33-24)23(35)34-22-7-8-22/h2-6,11-13,16-17,22,33H,7-10,14-15H2,1H3,(H,34,35)/t16-,17+,24-/m1/s1. The van der Waals surface area contributed by atoms with Crippen LogP contribution in [0.5, 0.6) is 0 Å². The molecular weight excluding hydrogens is 486 g/mol. The molecule has 0 spiro atoms. The first-order valence-electron chi connectivity index (χ1n) is 11.9. The molecule has 0 aromatic heterocycles. The highest BCUT2D eigenvalue weighted by Crippen LogP contribution is 2.39. The Morgan fingerprint density at radius 1 is 1.03 bits per heavy atom. The van der Waals surface area contributed by atoms with E-state index in [0.717, 1.165) is 18.4 Å². The van der Waals surface area contributed by atoms with Crippen LogP contribution in [0.2, 0.25) is 0 Å². The van der Waals surface area contributed by atoms with E-state index in [4.69, 9.17) is 4.74 Å². The van der Waals surface area contributed by atoms with Crippen LogP contribution in [0.1, 0.15) is 61.0 Å². The van der Waals surface area contributed by atoms with Gasteiger partial charge < -0.3 is 15.4 Å². The molecule has 1 aliphatic heterocycles. The van der Waals surface area contributed by atoms with Crippen molar-refractivity contribution in [3.8, 4) is 0 Å². The van der Waals surface area contributed by atoms with E-state index in [-0.39, 0.29) is 36.1 Å². The molecule has 1 aliphatic carbocycles. The van der Waals surface area contributed by atoms with Gasteiger partial charge in [0.2, 0.25) is 5.91 Å². The highest BCUT2D eigenvalue weighted by atomic mass is 19.4. The number of alkyl halides is 6. The van der Waals surface area contributed by atoms with Gasteiger partial charge in [0.05, 0.1) is 35.3 Å². The van der Waals surface area contributed by atoms with Crippen molar-refractivity contribution in [3.63, 3.8) is 0 Å². The SMILES string of the molecule is C[C@@H](OC[C@@]1(c2ccccc2)CC[C@H](C(=O)NC2CC2)CN1)c1cc(C(F)(F)F)cc(C(F)(F)F)c1. The normalized spacial score (nSPS) is 23.8. The second-order valence-corrected chi connectivity index (χ2v) is 9.64. The van der Waals surface area contributed by atoms with E-state index in [9.17, 15) is 31.1 Å². The summed E-state index contributed by atoms with van der Waals surface area (Å²) in [5, 5.41) is 6.41. The first-order chi connectivity index (χ1) is 16.9. The summed E-state index contributed by atoms with van der Waals surface area (Å²) in [4.78, 5) is 12.5. The molecule has 4 rings (SSSR count). The van der Waals surface area contributed by atoms with Gasteiger partial charge in [-0.1, -0.05) is 30.3 Å². The van der Waals surface area contributed by atoms with Gasteiger partial charge in [0.1, 0.15) is 0 Å². The molecule has 2 aliphatic rings. The second kappa shape index (κ2) is 10.0. The molecular formula is C26H28F6N2O2. The number of benzene rings is 2. The Hall–Kier alpha value is -2.59. The molecule has 1 saturated heterocycles. The predicted octanol–water partition coefficient (Wildman–Crippen LogP) is 5.98. The van der Waals surface area contributed by atoms with Gasteiger partial charge in [0, 0.05) is 12.6 Å². The number of halogens is 6. The van der Waals surface area contributed by atoms with E-state index in [2.05, 4.69) is 10.6 Å². The largest absolute Gasteiger partial charge is 0.416 e. The zero-order chi connectivity index (χ0) is 26.1. The molecule has 2 N–H and O–H groups in total. The van der Waals surface area contributed by atoms with Gasteiger partial charge >= 0.3 is 12.4 Å². The van der Waals surface area contributed by atoms with Gasteiger partial charge in [-0.05, 0) is 61.9 Å². The lowest BCUT2D eigenvalue weighted by molar-refractivity contribution is -0.143. The third-order valence-electron chi connectivity index (χ3n) is 6.89. The number of amides is 1. The molecule has 0 radical (unpaired) electrons. The summed E-state index contributed by atoms with van der Waals surface area (Å²) < 4.78 is 85.7. The van der Waals surface area contributed by atoms with Gasteiger partial charge in [-0.3, -0.25) is 4.79 Å². The molecule has 2 aromatic carbocycles. The molecule has 4 nitrogen and oxygen atoms in total. The second-order valence-electron chi connectivity index (χ2n) is 9.64. The molecule has 1 amide bonds. The Morgan fingerprint density at radius 2 is 1.64 bits per heavy atom. The summed E-state index contributed by atoms with van der Waals surface area (Å²) in [6, 6.07) is 11.1. The molecule has 3 atom stereocenters. The summed E-state index contributed by atoms with van der Waals surface area (Å²) >= 11 is 0. The zero-order valence-corrected chi connectivity index (χ0v) is 19.7. The van der Waals surface area contributed by atoms with Crippen LogP contribution in [0, 0.1) is 5.92 Å². The Kier molecular flexibility index (Phi) is 7.39. The van der Waals surface area contributed by atoms with Crippen molar-refractivity contribution in [1.82, 2.24) is 10.6 Å². The van der Waals surface area contributed by atoms with Crippen molar-refractivity contribution in [2.45, 2.75) is 62.6 Å². The average Bonchev–Trinajstić information content (AvgIpc) is 3.66. The number of carbonyl (C=O) groups excluding carboxylic acids is 1. The number of ether oxygens (including phenoxy) is 1. The summed E-state index contributed by atoms with van der Waals surface area (Å²) in [5.74, 6) is -0.234. The highest BCUT2D eigenvalue weighted by Gasteiger charge is 2.41. The third-order valence-corrected chi connectivity index (χ3v) is 6.89. The van der Waals surface area contributed by atoms with Gasteiger partial charge in [-0.15, -0.1) is 0 Å². The first-order valence-corrected chi connectivity index (χ1v) is 11.9. The van der Waals surface area contributed by atoms with Gasteiger partial charge in [0.15, 0.2) is 0 Å². The van der Waals surface area contributed by atoms with E-state index >= 15 is 0 Å². The number of piperidine rings is 1. The van der Waals surface area contributed by atoms with E-state index < -0.39 is 35.1 Å². The van der Waals surface area contributed by atoms with Gasteiger partial charge in [-0.25, -0.2) is 0 Å². The molecule has 0 unspecified atom stereocenters. The lowest BCUT2D eigenvalue weighted by atomic mass is 9.79. The lowest BCUT2D eigenvalue weighted by Crippen LogP contribution is -2.54. The predicted molar refractivity (Wildman–Crippen MR) is 121 cm³/mol. The molecule has 36 heavy (non-hydrogen) atoms. The molecule has 10 heteroatoms. The number of nitrogens with one attached hydrogen (secondary N) is 2. The highest BCUT2D eigenvalue weighted by molar-refractivity contribution is 5.79. The Morgan fingerprint density at radius 3 is 2.14 bits per heavy atom. The lowest BCUT2D eigenvalue weighted by Gasteiger charge is -2.42. The summed E-state index contributed by atoms with van der Waals surface area (Å²) in [6.45, 7) is 1.82. The van der Waals surface area contributed by atoms with Crippen LogP contribution >= 0.6 is 0 Å². The molecule has 196 valence electrons. The van der Waals surface area contributed by atoms with E-state index in [1.807, 2.05) is 30.3 Å². The monoisotopic (exact) mass is 514 g/mol. The number of hydrogen-bond donors (Lipinski definition) is 2. The van der Waals surface area contributed by atoms with Crippen LogP contribution < -0.4 is 10.6 Å². The molecule has 2 aromatic rings. The van der Waals surface area contributed by atoms with E-state index in [1.54, 1.807) is 0 Å². The van der Waals surface area contributed by atoms with Crippen LogP contribution in [0.15, 0.2) is 48.5 Å². The van der Waals surface area contributed by atoms with Gasteiger partial charge in [-0.2, -0.15) is 26.3 Å². The average molecular weight is 515 g/mol. The van der Waals surface area contributed by atoms with Gasteiger partial charge in [0.25, 0.3) is 0 Å². The summed E-state index contributed by atoms with van der Waals surface area (Å²) in [6.07, 6.45) is -7.84. The maximum Gasteiger partial charge on any atom is 0.416 e. The minimum atomic E-state index is -4.93. The summed E-state index contributed by atoms with van der Waals surface area (Å²) in [7, 11) is 0. The van der Waals surface area contributed by atoms with E-state index in [0.29, 0.717) is 31.5 Å². The topological polar surface area (TPSA) is 50.4 Å². The smallest absolute Gasteiger partial charge is 0.372 e. The molecule has 0 bridgehead atoms. The number of hydrogen-bond acceptors (Lipinski definition) is 3. The Labute approximate surface area is 205 Å². The molecule has 2 fully saturated rings. The molecule has 1 heterocycles. The first kappa shape index (κ1) is 26.5. The van der Waals surface area contributed by atoms with Crippen molar-refractivity contribution in [2.75, 3.05) is 13.2 Å². The maximum atomic E-state index is 13.3. The third kappa shape index (κ3) is 6.21. The van der Waals surface area contributed by atoms with Crippen LogP contribution in [-0.4, -0.2) is 25.1 Å². The van der Waals surface area contributed by atoms with Crippen molar-refractivity contribution < 1.29 is 35.9 Å². The minimum absolute atomic E-state index is 0.00669. The minimum Gasteiger partial charge on any atom is -0.372 e. The molecule has 1 saturated carbocycles. The number of rotatable bonds is 7. The van der Waals surface area contributed by atoms with Crippen molar-refractivity contribution in [2.24, 2.45) is 5.92 Å². The van der Waals surface area contributed by atoms with Crippen LogP contribution in [0.4, 0.5) is 26.3 Å². The van der Waals surface area contributed by atoms with Crippen molar-refractivity contribution >= 4 is 5.91 Å². The maximum absolute atomic E-state index is 13.3. The van der Waals surface area contributed by atoms with E-state index in [1.165, 1.54) is 6.92 Å². The Bertz CT molecular complexity index is 1030. The quantitative estimate of drug-likeness (QED) is 0.448. The Balaban J connectivity index is 1.53. The number of carbonyl (C=O) groups is 1. The van der Waals surface area contributed by atoms with Crippen molar-refractivity contribution in [1.29, 1.82) is 0 Å². The van der Waals surface area contributed by atoms with Crippen LogP contribution in [0.25, 0.3) is 0 Å². The zero-order valence-electron chi connectivity index (χ0n) is 19.7.